The molecule has 0 bridgehead atoms. The standard InChI is InChI=1S/C29H20O8/c1-33-16-8-7-15(23(12-16)34-2)11-24-28(32)18-9-10-22-26(29(18)37-24)19(13-25(30)36-22)20-14-35-21-6-4-3-5-17(21)27(20)31/h3-12,14,19H,13H2,1-2H3. The Morgan fingerprint density at radius 1 is 0.946 bits per heavy atom. The van der Waals surface area contributed by atoms with Crippen molar-refractivity contribution in [3.8, 4) is 23.0 Å². The molecule has 37 heavy (non-hydrogen) atoms. The van der Waals surface area contributed by atoms with Gasteiger partial charge in [-0.15, -0.1) is 0 Å². The number of hydrogen-bond acceptors (Lipinski definition) is 8. The minimum absolute atomic E-state index is 0.0769. The molecule has 0 N–H and O–H groups in total. The Kier molecular flexibility index (Phi) is 5.30. The van der Waals surface area contributed by atoms with Crippen LogP contribution >= 0.6 is 0 Å². The molecule has 0 amide bonds. The Balaban J connectivity index is 1.48. The van der Waals surface area contributed by atoms with E-state index in [2.05, 4.69) is 0 Å². The molecule has 8 nitrogen and oxygen atoms in total. The smallest absolute Gasteiger partial charge is 0.312 e. The third-order valence-corrected chi connectivity index (χ3v) is 6.59. The van der Waals surface area contributed by atoms with E-state index in [1.54, 1.807) is 67.8 Å². The summed E-state index contributed by atoms with van der Waals surface area (Å²) in [6.45, 7) is 0. The summed E-state index contributed by atoms with van der Waals surface area (Å²) < 4.78 is 28.0. The lowest BCUT2D eigenvalue weighted by Crippen LogP contribution is -2.25. The highest BCUT2D eigenvalue weighted by Gasteiger charge is 2.39. The van der Waals surface area contributed by atoms with Gasteiger partial charge in [0.25, 0.3) is 0 Å². The van der Waals surface area contributed by atoms with Gasteiger partial charge in [0, 0.05) is 28.7 Å². The van der Waals surface area contributed by atoms with E-state index in [4.69, 9.17) is 23.4 Å². The third-order valence-electron chi connectivity index (χ3n) is 6.59. The van der Waals surface area contributed by atoms with Gasteiger partial charge in [0.2, 0.25) is 5.78 Å². The van der Waals surface area contributed by atoms with Crippen LogP contribution in [0.3, 0.4) is 0 Å². The van der Waals surface area contributed by atoms with Crippen LogP contribution in [0, 0.1) is 0 Å². The van der Waals surface area contributed by atoms with Crippen LogP contribution in [-0.4, -0.2) is 26.0 Å². The van der Waals surface area contributed by atoms with E-state index in [0.29, 0.717) is 39.2 Å². The first-order chi connectivity index (χ1) is 18.0. The Morgan fingerprint density at radius 2 is 1.78 bits per heavy atom. The van der Waals surface area contributed by atoms with Gasteiger partial charge in [-0.25, -0.2) is 0 Å². The maximum atomic E-state index is 13.4. The molecule has 1 unspecified atom stereocenters. The minimum atomic E-state index is -0.713. The van der Waals surface area contributed by atoms with Gasteiger partial charge in [0.1, 0.15) is 28.6 Å². The van der Waals surface area contributed by atoms with Crippen molar-refractivity contribution in [1.82, 2.24) is 0 Å². The number of ether oxygens (including phenoxy) is 4. The first kappa shape index (κ1) is 22.6. The Labute approximate surface area is 210 Å². The largest absolute Gasteiger partial charge is 0.497 e. The van der Waals surface area contributed by atoms with Crippen LogP contribution in [0.4, 0.5) is 0 Å². The van der Waals surface area contributed by atoms with E-state index < -0.39 is 11.9 Å². The molecule has 1 aromatic heterocycles. The van der Waals surface area contributed by atoms with Crippen LogP contribution in [0.25, 0.3) is 17.0 Å². The number of para-hydroxylation sites is 1. The average Bonchev–Trinajstić information content (AvgIpc) is 3.23. The highest BCUT2D eigenvalue weighted by atomic mass is 16.5. The van der Waals surface area contributed by atoms with Gasteiger partial charge >= 0.3 is 5.97 Å². The molecule has 0 saturated carbocycles. The average molecular weight is 496 g/mol. The Morgan fingerprint density at radius 3 is 2.59 bits per heavy atom. The third kappa shape index (κ3) is 3.65. The number of methoxy groups -OCH3 is 2. The normalized spacial score (nSPS) is 17.2. The summed E-state index contributed by atoms with van der Waals surface area (Å²) in [6.07, 6.45) is 2.85. The molecule has 184 valence electrons. The second-order valence-electron chi connectivity index (χ2n) is 8.65. The molecule has 4 aromatic rings. The Hall–Kier alpha value is -4.85. The molecular weight excluding hydrogens is 476 g/mol. The fourth-order valence-electron chi connectivity index (χ4n) is 4.78. The second kappa shape index (κ2) is 8.67. The SMILES string of the molecule is COc1ccc(C=C2Oc3c(ccc4c3C(c3coc5ccccc5c3=O)CC(=O)O4)C2=O)c(OC)c1. The summed E-state index contributed by atoms with van der Waals surface area (Å²) in [4.78, 5) is 39.2. The first-order valence-electron chi connectivity index (χ1n) is 11.5. The molecule has 0 spiro atoms. The first-order valence-corrected chi connectivity index (χ1v) is 11.5. The highest BCUT2D eigenvalue weighted by molar-refractivity contribution is 6.15. The van der Waals surface area contributed by atoms with Crippen molar-refractivity contribution in [3.05, 3.63) is 99.1 Å². The van der Waals surface area contributed by atoms with Gasteiger partial charge in [-0.3, -0.25) is 14.4 Å². The maximum Gasteiger partial charge on any atom is 0.312 e. The van der Waals surface area contributed by atoms with Crippen LogP contribution in [0.15, 0.2) is 75.8 Å². The molecule has 3 heterocycles. The molecule has 0 fully saturated rings. The summed E-state index contributed by atoms with van der Waals surface area (Å²) in [7, 11) is 3.07. The number of fused-ring (bicyclic) bond motifs is 4. The number of hydrogen-bond donors (Lipinski definition) is 0. The summed E-state index contributed by atoms with van der Waals surface area (Å²) in [5.74, 6) is 0.137. The van der Waals surface area contributed by atoms with Crippen molar-refractivity contribution in [2.24, 2.45) is 0 Å². The van der Waals surface area contributed by atoms with E-state index in [1.807, 2.05) is 0 Å². The predicted molar refractivity (Wildman–Crippen MR) is 134 cm³/mol. The summed E-state index contributed by atoms with van der Waals surface area (Å²) >= 11 is 0. The topological polar surface area (TPSA) is 101 Å². The zero-order chi connectivity index (χ0) is 25.7. The number of ketones is 1. The number of allylic oxidation sites excluding steroid dienone is 1. The number of carbonyl (C=O) groups is 2. The molecule has 0 saturated heterocycles. The lowest BCUT2D eigenvalue weighted by Gasteiger charge is -2.25. The van der Waals surface area contributed by atoms with Gasteiger partial charge in [-0.05, 0) is 42.5 Å². The molecular formula is C29H20O8. The van der Waals surface area contributed by atoms with Crippen molar-refractivity contribution in [2.45, 2.75) is 12.3 Å². The fourth-order valence-corrected chi connectivity index (χ4v) is 4.78. The van der Waals surface area contributed by atoms with Gasteiger partial charge in [-0.2, -0.15) is 0 Å². The molecule has 2 aliphatic heterocycles. The van der Waals surface area contributed by atoms with Crippen molar-refractivity contribution in [2.75, 3.05) is 14.2 Å². The van der Waals surface area contributed by atoms with Crippen LogP contribution in [0.5, 0.6) is 23.0 Å². The minimum Gasteiger partial charge on any atom is -0.497 e. The van der Waals surface area contributed by atoms with Crippen molar-refractivity contribution in [1.29, 1.82) is 0 Å². The molecule has 8 heteroatoms. The monoisotopic (exact) mass is 496 g/mol. The van der Waals surface area contributed by atoms with E-state index in [9.17, 15) is 14.4 Å². The van der Waals surface area contributed by atoms with E-state index in [0.717, 1.165) is 0 Å². The van der Waals surface area contributed by atoms with Crippen LogP contribution in [-0.2, 0) is 4.79 Å². The van der Waals surface area contributed by atoms with Gasteiger partial charge in [-0.1, -0.05) is 12.1 Å². The zero-order valence-electron chi connectivity index (χ0n) is 19.9. The molecule has 0 radical (unpaired) electrons. The lowest BCUT2D eigenvalue weighted by molar-refractivity contribution is -0.135. The van der Waals surface area contributed by atoms with Crippen LogP contribution < -0.4 is 24.4 Å². The maximum absolute atomic E-state index is 13.4. The molecule has 1 atom stereocenters. The molecule has 6 rings (SSSR count). The van der Waals surface area contributed by atoms with Gasteiger partial charge in [0.05, 0.1) is 37.9 Å². The number of esters is 1. The van der Waals surface area contributed by atoms with Gasteiger partial charge < -0.3 is 23.4 Å². The fraction of sp³-hybridized carbons (Fsp3) is 0.138. The molecule has 2 aliphatic rings. The van der Waals surface area contributed by atoms with Crippen molar-refractivity contribution < 1.29 is 33.0 Å². The number of Topliss-reactive ketones (excluding diaryl/α,β-unsaturated/α-hetero) is 1. The zero-order valence-corrected chi connectivity index (χ0v) is 19.9. The molecule has 3 aromatic carbocycles. The number of carbonyl (C=O) groups excluding carboxylic acids is 2. The van der Waals surface area contributed by atoms with Crippen molar-refractivity contribution >= 4 is 28.8 Å². The number of benzene rings is 3. The van der Waals surface area contributed by atoms with Crippen LogP contribution in [0.1, 0.15) is 39.4 Å². The van der Waals surface area contributed by atoms with Gasteiger partial charge in [0.15, 0.2) is 11.2 Å². The van der Waals surface area contributed by atoms with E-state index in [1.165, 1.54) is 13.4 Å². The second-order valence-corrected chi connectivity index (χ2v) is 8.65. The van der Waals surface area contributed by atoms with Crippen molar-refractivity contribution in [3.63, 3.8) is 0 Å². The van der Waals surface area contributed by atoms with Crippen LogP contribution in [0.2, 0.25) is 0 Å². The number of rotatable bonds is 4. The quantitative estimate of drug-likeness (QED) is 0.224. The summed E-state index contributed by atoms with van der Waals surface area (Å²) in [5.41, 5.74) is 1.86. The Bertz CT molecular complexity index is 1690. The molecule has 0 aliphatic carbocycles. The summed E-state index contributed by atoms with van der Waals surface area (Å²) in [6, 6.07) is 15.2. The lowest BCUT2D eigenvalue weighted by atomic mass is 9.85. The summed E-state index contributed by atoms with van der Waals surface area (Å²) in [5, 5.41) is 0.400. The predicted octanol–water partition coefficient (Wildman–Crippen LogP) is 4.87. The van der Waals surface area contributed by atoms with E-state index in [-0.39, 0.29) is 40.5 Å². The van der Waals surface area contributed by atoms with E-state index >= 15 is 0 Å². The highest BCUT2D eigenvalue weighted by Crippen LogP contribution is 2.48.